The standard InChI is InChI=1S/C27H29N5O3/c28-13-17-8-9-18(12-22(17)27-30-24-5-1-2-6-25(24)31-27)29-23-7-3-4-21-20(23)10-11-32(26(21)16-34)14-19(35)15-33/h1-9,12,16,19,26,29,33,35H,10-11,13-15,28H2,(H,30,31)/t19-,26?/m0/s1. The number of carbonyl (C=O) groups excluding carboxylic acids is 1. The summed E-state index contributed by atoms with van der Waals surface area (Å²) in [6, 6.07) is 19.4. The van der Waals surface area contributed by atoms with Crippen molar-refractivity contribution in [2.24, 2.45) is 5.73 Å². The quantitative estimate of drug-likeness (QED) is 0.250. The molecule has 1 unspecified atom stereocenters. The lowest BCUT2D eigenvalue weighted by Gasteiger charge is -2.36. The maximum absolute atomic E-state index is 12.0. The van der Waals surface area contributed by atoms with Crippen LogP contribution in [0, 0.1) is 0 Å². The zero-order chi connectivity index (χ0) is 24.4. The number of hydrogen-bond acceptors (Lipinski definition) is 7. The lowest BCUT2D eigenvalue weighted by molar-refractivity contribution is -0.113. The van der Waals surface area contributed by atoms with Gasteiger partial charge in [0, 0.05) is 36.6 Å². The molecule has 0 fully saturated rings. The van der Waals surface area contributed by atoms with Gasteiger partial charge in [-0.05, 0) is 53.4 Å². The number of aromatic amines is 1. The van der Waals surface area contributed by atoms with E-state index < -0.39 is 12.1 Å². The molecule has 2 heterocycles. The molecule has 8 nitrogen and oxygen atoms in total. The van der Waals surface area contributed by atoms with E-state index in [0.717, 1.165) is 63.2 Å². The number of para-hydroxylation sites is 2. The molecule has 0 spiro atoms. The van der Waals surface area contributed by atoms with Gasteiger partial charge in [-0.1, -0.05) is 30.3 Å². The number of β-amino-alcohol motifs (C(OH)–C–C–N with tert-alkyl or cyclic N) is 1. The first kappa shape index (κ1) is 23.2. The van der Waals surface area contributed by atoms with E-state index in [9.17, 15) is 15.0 Å². The largest absolute Gasteiger partial charge is 0.394 e. The van der Waals surface area contributed by atoms with E-state index >= 15 is 0 Å². The van der Waals surface area contributed by atoms with E-state index in [-0.39, 0.29) is 13.2 Å². The molecule has 35 heavy (non-hydrogen) atoms. The molecule has 5 rings (SSSR count). The Balaban J connectivity index is 1.47. The van der Waals surface area contributed by atoms with Crippen molar-refractivity contribution in [3.05, 3.63) is 77.4 Å². The highest BCUT2D eigenvalue weighted by atomic mass is 16.3. The number of nitrogens with one attached hydrogen (secondary N) is 2. The lowest BCUT2D eigenvalue weighted by Crippen LogP contribution is -2.42. The molecule has 0 saturated heterocycles. The second kappa shape index (κ2) is 9.97. The average Bonchev–Trinajstić information content (AvgIpc) is 3.33. The van der Waals surface area contributed by atoms with E-state index in [1.165, 1.54) is 0 Å². The van der Waals surface area contributed by atoms with Gasteiger partial charge in [0.1, 0.15) is 12.1 Å². The molecule has 1 aliphatic rings. The minimum Gasteiger partial charge on any atom is -0.394 e. The maximum Gasteiger partial charge on any atom is 0.141 e. The van der Waals surface area contributed by atoms with Gasteiger partial charge in [-0.2, -0.15) is 0 Å². The van der Waals surface area contributed by atoms with E-state index in [1.807, 2.05) is 65.6 Å². The molecular formula is C27H29N5O3. The van der Waals surface area contributed by atoms with Gasteiger partial charge in [0.05, 0.1) is 29.8 Å². The first-order chi connectivity index (χ1) is 17.1. The number of nitrogens with zero attached hydrogens (tertiary/aromatic N) is 2. The summed E-state index contributed by atoms with van der Waals surface area (Å²) in [5.41, 5.74) is 13.7. The summed E-state index contributed by atoms with van der Waals surface area (Å²) < 4.78 is 0. The Morgan fingerprint density at radius 3 is 2.83 bits per heavy atom. The zero-order valence-corrected chi connectivity index (χ0v) is 19.3. The number of nitrogens with two attached hydrogens (primary N) is 1. The van der Waals surface area contributed by atoms with Gasteiger partial charge in [0.2, 0.25) is 0 Å². The van der Waals surface area contributed by atoms with Crippen LogP contribution in [0.1, 0.15) is 22.7 Å². The molecule has 3 aromatic carbocycles. The van der Waals surface area contributed by atoms with Crippen molar-refractivity contribution >= 4 is 28.7 Å². The molecule has 1 aliphatic heterocycles. The van der Waals surface area contributed by atoms with Crippen LogP contribution in [0.25, 0.3) is 22.4 Å². The predicted octanol–water partition coefficient (Wildman–Crippen LogP) is 2.88. The van der Waals surface area contributed by atoms with Crippen LogP contribution in [0.3, 0.4) is 0 Å². The van der Waals surface area contributed by atoms with Crippen LogP contribution in [0.5, 0.6) is 0 Å². The second-order valence-electron chi connectivity index (χ2n) is 8.84. The Hall–Kier alpha value is -3.56. The van der Waals surface area contributed by atoms with E-state index in [4.69, 9.17) is 10.7 Å². The van der Waals surface area contributed by atoms with Gasteiger partial charge in [-0.25, -0.2) is 4.98 Å². The fourth-order valence-electron chi connectivity index (χ4n) is 4.85. The first-order valence-corrected chi connectivity index (χ1v) is 11.8. The molecule has 0 aliphatic carbocycles. The summed E-state index contributed by atoms with van der Waals surface area (Å²) in [7, 11) is 0. The van der Waals surface area contributed by atoms with Crippen molar-refractivity contribution in [1.82, 2.24) is 14.9 Å². The summed E-state index contributed by atoms with van der Waals surface area (Å²) in [6.07, 6.45) is 0.748. The van der Waals surface area contributed by atoms with Gasteiger partial charge in [-0.3, -0.25) is 4.90 Å². The molecule has 6 N–H and O–H groups in total. The number of fused-ring (bicyclic) bond motifs is 2. The van der Waals surface area contributed by atoms with Crippen LogP contribution in [-0.2, 0) is 17.8 Å². The number of aliphatic hydroxyl groups is 2. The Morgan fingerprint density at radius 2 is 2.06 bits per heavy atom. The Labute approximate surface area is 203 Å². The van der Waals surface area contributed by atoms with Crippen molar-refractivity contribution in [1.29, 1.82) is 0 Å². The molecule has 0 radical (unpaired) electrons. The number of carbonyl (C=O) groups is 1. The van der Waals surface area contributed by atoms with E-state index in [0.29, 0.717) is 13.1 Å². The third-order valence-electron chi connectivity index (χ3n) is 6.61. The molecule has 0 bridgehead atoms. The van der Waals surface area contributed by atoms with Gasteiger partial charge in [0.25, 0.3) is 0 Å². The number of aldehydes is 1. The van der Waals surface area contributed by atoms with Crippen LogP contribution >= 0.6 is 0 Å². The predicted molar refractivity (Wildman–Crippen MR) is 136 cm³/mol. The van der Waals surface area contributed by atoms with Crippen molar-refractivity contribution in [3.63, 3.8) is 0 Å². The van der Waals surface area contributed by atoms with Crippen molar-refractivity contribution in [2.45, 2.75) is 25.1 Å². The first-order valence-electron chi connectivity index (χ1n) is 11.8. The summed E-state index contributed by atoms with van der Waals surface area (Å²) in [4.78, 5) is 22.0. The number of H-pyrrole nitrogens is 1. The molecule has 0 amide bonds. The van der Waals surface area contributed by atoms with Gasteiger partial charge in [0.15, 0.2) is 0 Å². The lowest BCUT2D eigenvalue weighted by atomic mass is 9.91. The SMILES string of the molecule is NCc1ccc(Nc2cccc3c2CCN(C[C@H](O)CO)C3C=O)cc1-c1nc2ccccc2[nH]1. The van der Waals surface area contributed by atoms with E-state index in [1.54, 1.807) is 0 Å². The highest BCUT2D eigenvalue weighted by Gasteiger charge is 2.29. The Kier molecular flexibility index (Phi) is 6.61. The summed E-state index contributed by atoms with van der Waals surface area (Å²) >= 11 is 0. The number of benzene rings is 3. The fraction of sp³-hybridized carbons (Fsp3) is 0.259. The minimum atomic E-state index is -0.877. The van der Waals surface area contributed by atoms with Crippen molar-refractivity contribution < 1.29 is 15.0 Å². The third-order valence-corrected chi connectivity index (χ3v) is 6.61. The minimum absolute atomic E-state index is 0.248. The summed E-state index contributed by atoms with van der Waals surface area (Å²) in [5.74, 6) is 0.768. The van der Waals surface area contributed by atoms with Crippen molar-refractivity contribution in [2.75, 3.05) is 25.0 Å². The van der Waals surface area contributed by atoms with Crippen LogP contribution in [-0.4, -0.2) is 57.2 Å². The summed E-state index contributed by atoms with van der Waals surface area (Å²) in [6.45, 7) is 0.924. The van der Waals surface area contributed by atoms with Gasteiger partial charge < -0.3 is 31.0 Å². The monoisotopic (exact) mass is 471 g/mol. The van der Waals surface area contributed by atoms with Gasteiger partial charge in [-0.15, -0.1) is 0 Å². The fourth-order valence-corrected chi connectivity index (χ4v) is 4.85. The van der Waals surface area contributed by atoms with E-state index in [2.05, 4.69) is 10.3 Å². The Bertz CT molecular complexity index is 1320. The van der Waals surface area contributed by atoms with Crippen LogP contribution < -0.4 is 11.1 Å². The van der Waals surface area contributed by atoms with Crippen LogP contribution in [0.4, 0.5) is 11.4 Å². The molecular weight excluding hydrogens is 442 g/mol. The molecule has 8 heteroatoms. The second-order valence-corrected chi connectivity index (χ2v) is 8.84. The Morgan fingerprint density at radius 1 is 1.20 bits per heavy atom. The normalized spacial score (nSPS) is 16.7. The molecule has 1 aromatic heterocycles. The number of hydrogen-bond donors (Lipinski definition) is 5. The average molecular weight is 472 g/mol. The molecule has 2 atom stereocenters. The number of rotatable bonds is 8. The molecule has 180 valence electrons. The molecule has 4 aromatic rings. The van der Waals surface area contributed by atoms with Crippen LogP contribution in [0.15, 0.2) is 60.7 Å². The maximum atomic E-state index is 12.0. The van der Waals surface area contributed by atoms with Crippen molar-refractivity contribution in [3.8, 4) is 11.4 Å². The number of anilines is 2. The topological polar surface area (TPSA) is 128 Å². The zero-order valence-electron chi connectivity index (χ0n) is 19.3. The van der Waals surface area contributed by atoms with Crippen LogP contribution in [0.2, 0.25) is 0 Å². The number of imidazole rings is 1. The highest BCUT2D eigenvalue weighted by Crippen LogP contribution is 2.35. The number of aliphatic hydroxyl groups excluding tert-OH is 2. The third kappa shape index (κ3) is 4.56. The number of aromatic nitrogens is 2. The van der Waals surface area contributed by atoms with Gasteiger partial charge >= 0.3 is 0 Å². The summed E-state index contributed by atoms with van der Waals surface area (Å²) in [5, 5.41) is 22.6. The molecule has 0 saturated carbocycles. The highest BCUT2D eigenvalue weighted by molar-refractivity contribution is 5.81. The smallest absolute Gasteiger partial charge is 0.141 e.